The lowest BCUT2D eigenvalue weighted by Crippen LogP contribution is -2.62. The van der Waals surface area contributed by atoms with E-state index in [2.05, 4.69) is 22.0 Å². The van der Waals surface area contributed by atoms with Crippen molar-refractivity contribution in [3.63, 3.8) is 0 Å². The van der Waals surface area contributed by atoms with Crippen LogP contribution < -0.4 is 16.0 Å². The SMILES string of the molecule is O=C1CCC(N2Cc3cc(CNC4C5CNCC4C5)ccc3C2=O)C(=O)N1. The Labute approximate surface area is 157 Å². The molecule has 0 spiro atoms. The van der Waals surface area contributed by atoms with Crippen LogP contribution in [0.3, 0.4) is 0 Å². The van der Waals surface area contributed by atoms with Gasteiger partial charge in [0, 0.05) is 31.1 Å². The van der Waals surface area contributed by atoms with Gasteiger partial charge in [0.2, 0.25) is 11.8 Å². The van der Waals surface area contributed by atoms with E-state index >= 15 is 0 Å². The molecular weight excluding hydrogens is 344 g/mol. The van der Waals surface area contributed by atoms with E-state index in [9.17, 15) is 14.4 Å². The molecule has 3 heterocycles. The predicted octanol–water partition coefficient (Wildman–Crippen LogP) is 0.145. The minimum Gasteiger partial charge on any atom is -0.322 e. The number of carbonyl (C=O) groups excluding carboxylic acids is 3. The van der Waals surface area contributed by atoms with E-state index in [0.29, 0.717) is 24.6 Å². The summed E-state index contributed by atoms with van der Waals surface area (Å²) < 4.78 is 0. The number of benzene rings is 1. The molecule has 3 aliphatic heterocycles. The Kier molecular flexibility index (Phi) is 4.02. The number of fused-ring (bicyclic) bond motifs is 3. The van der Waals surface area contributed by atoms with Gasteiger partial charge < -0.3 is 15.5 Å². The molecule has 0 radical (unpaired) electrons. The van der Waals surface area contributed by atoms with Crippen molar-refractivity contribution in [1.29, 1.82) is 0 Å². The van der Waals surface area contributed by atoms with Crippen LogP contribution in [0.15, 0.2) is 18.2 Å². The fraction of sp³-hybridized carbons (Fsp3) is 0.550. The molecular formula is C20H24N4O3. The molecule has 27 heavy (non-hydrogen) atoms. The van der Waals surface area contributed by atoms with Gasteiger partial charge in [0.1, 0.15) is 6.04 Å². The van der Waals surface area contributed by atoms with E-state index in [1.807, 2.05) is 12.1 Å². The highest BCUT2D eigenvalue weighted by molar-refractivity contribution is 6.05. The van der Waals surface area contributed by atoms with Gasteiger partial charge in [-0.15, -0.1) is 0 Å². The third-order valence-electron chi connectivity index (χ3n) is 6.56. The number of hydrogen-bond donors (Lipinski definition) is 3. The molecule has 3 unspecified atom stereocenters. The summed E-state index contributed by atoms with van der Waals surface area (Å²) in [7, 11) is 0. The second-order valence-electron chi connectivity index (χ2n) is 8.21. The van der Waals surface area contributed by atoms with E-state index < -0.39 is 6.04 Å². The van der Waals surface area contributed by atoms with Gasteiger partial charge in [-0.3, -0.25) is 19.7 Å². The highest BCUT2D eigenvalue weighted by atomic mass is 16.2. The molecule has 1 aromatic carbocycles. The number of nitrogens with one attached hydrogen (secondary N) is 3. The number of piperidine rings is 3. The smallest absolute Gasteiger partial charge is 0.255 e. The number of rotatable bonds is 4. The van der Waals surface area contributed by atoms with E-state index in [-0.39, 0.29) is 24.1 Å². The van der Waals surface area contributed by atoms with E-state index in [4.69, 9.17) is 0 Å². The highest BCUT2D eigenvalue weighted by Gasteiger charge is 2.43. The Morgan fingerprint density at radius 3 is 2.70 bits per heavy atom. The van der Waals surface area contributed by atoms with E-state index in [1.165, 1.54) is 12.0 Å². The molecule has 3 amide bonds. The minimum atomic E-state index is -0.550. The Bertz CT molecular complexity index is 809. The van der Waals surface area contributed by atoms with Crippen LogP contribution in [0.1, 0.15) is 40.7 Å². The lowest BCUT2D eigenvalue weighted by molar-refractivity contribution is -0.136. The zero-order chi connectivity index (χ0) is 18.5. The van der Waals surface area contributed by atoms with Crippen LogP contribution in [0.2, 0.25) is 0 Å². The van der Waals surface area contributed by atoms with Crippen LogP contribution in [-0.2, 0) is 22.7 Å². The Morgan fingerprint density at radius 1 is 1.15 bits per heavy atom. The summed E-state index contributed by atoms with van der Waals surface area (Å²) in [5.74, 6) is 0.744. The first-order valence-electron chi connectivity index (χ1n) is 9.81. The summed E-state index contributed by atoms with van der Waals surface area (Å²) in [6, 6.07) is 6.01. The number of carbonyl (C=O) groups is 3. The third-order valence-corrected chi connectivity index (χ3v) is 6.56. The Morgan fingerprint density at radius 2 is 1.96 bits per heavy atom. The summed E-state index contributed by atoms with van der Waals surface area (Å²) in [5.41, 5.74) is 2.82. The lowest BCUT2D eigenvalue weighted by Gasteiger charge is -2.50. The van der Waals surface area contributed by atoms with Crippen molar-refractivity contribution >= 4 is 17.7 Å². The maximum absolute atomic E-state index is 12.7. The molecule has 4 aliphatic rings. The van der Waals surface area contributed by atoms with Crippen LogP contribution in [0.4, 0.5) is 0 Å². The van der Waals surface area contributed by atoms with Crippen LogP contribution in [0, 0.1) is 11.8 Å². The van der Waals surface area contributed by atoms with Crippen molar-refractivity contribution in [1.82, 2.24) is 20.9 Å². The first-order valence-corrected chi connectivity index (χ1v) is 9.81. The van der Waals surface area contributed by atoms with Gasteiger partial charge in [-0.2, -0.15) is 0 Å². The molecule has 1 aliphatic carbocycles. The molecule has 2 saturated heterocycles. The van der Waals surface area contributed by atoms with Crippen LogP contribution in [0.25, 0.3) is 0 Å². The van der Waals surface area contributed by atoms with Gasteiger partial charge in [-0.25, -0.2) is 0 Å². The van der Waals surface area contributed by atoms with Gasteiger partial charge in [0.05, 0.1) is 0 Å². The summed E-state index contributed by atoms with van der Waals surface area (Å²) >= 11 is 0. The lowest BCUT2D eigenvalue weighted by atomic mass is 9.67. The monoisotopic (exact) mass is 368 g/mol. The van der Waals surface area contributed by atoms with E-state index in [1.54, 1.807) is 4.90 Å². The van der Waals surface area contributed by atoms with Crippen molar-refractivity contribution in [2.45, 2.75) is 44.4 Å². The summed E-state index contributed by atoms with van der Waals surface area (Å²) in [4.78, 5) is 37.8. The first-order chi connectivity index (χ1) is 13.1. The van der Waals surface area contributed by atoms with Crippen molar-refractivity contribution in [2.24, 2.45) is 11.8 Å². The topological polar surface area (TPSA) is 90.5 Å². The van der Waals surface area contributed by atoms with Gasteiger partial charge >= 0.3 is 0 Å². The third kappa shape index (κ3) is 2.85. The summed E-state index contributed by atoms with van der Waals surface area (Å²) in [6.45, 7) is 3.45. The molecule has 7 heteroatoms. The fourth-order valence-corrected chi connectivity index (χ4v) is 5.05. The fourth-order valence-electron chi connectivity index (χ4n) is 5.05. The van der Waals surface area contributed by atoms with Gasteiger partial charge in [0.15, 0.2) is 0 Å². The Balaban J connectivity index is 1.26. The average molecular weight is 368 g/mol. The second kappa shape index (κ2) is 6.42. The molecule has 3 N–H and O–H groups in total. The average Bonchev–Trinajstić information content (AvgIpc) is 2.98. The standard InChI is InChI=1S/C20H24N4O3/c25-17-4-3-16(19(26)23-17)24-10-14-5-11(1-2-15(14)20(24)27)7-22-18-12-6-13(18)9-21-8-12/h1-2,5,12-13,16,18,21-22H,3-4,6-10H2,(H,23,25,26). The molecule has 0 aromatic heterocycles. The zero-order valence-corrected chi connectivity index (χ0v) is 15.2. The normalized spacial score (nSPS) is 32.1. The molecule has 1 saturated carbocycles. The summed E-state index contributed by atoms with van der Waals surface area (Å²) in [5, 5.41) is 9.49. The number of nitrogens with zero attached hydrogens (tertiary/aromatic N) is 1. The molecule has 7 nitrogen and oxygen atoms in total. The zero-order valence-electron chi connectivity index (χ0n) is 15.2. The second-order valence-corrected chi connectivity index (χ2v) is 8.21. The summed E-state index contributed by atoms with van der Waals surface area (Å²) in [6.07, 6.45) is 2.01. The number of hydrogen-bond acceptors (Lipinski definition) is 5. The largest absolute Gasteiger partial charge is 0.322 e. The number of imide groups is 1. The van der Waals surface area contributed by atoms with Gasteiger partial charge in [0.25, 0.3) is 5.91 Å². The van der Waals surface area contributed by atoms with Gasteiger partial charge in [-0.05, 0) is 55.0 Å². The van der Waals surface area contributed by atoms with E-state index in [0.717, 1.165) is 37.0 Å². The quantitative estimate of drug-likeness (QED) is 0.658. The molecule has 5 rings (SSSR count). The van der Waals surface area contributed by atoms with Crippen LogP contribution >= 0.6 is 0 Å². The molecule has 3 fully saturated rings. The first kappa shape index (κ1) is 16.9. The van der Waals surface area contributed by atoms with Crippen LogP contribution in [-0.4, -0.2) is 47.8 Å². The van der Waals surface area contributed by atoms with Crippen molar-refractivity contribution in [3.8, 4) is 0 Å². The molecule has 2 bridgehead atoms. The Hall–Kier alpha value is -2.25. The molecule has 142 valence electrons. The highest BCUT2D eigenvalue weighted by Crippen LogP contribution is 2.36. The molecule has 1 aromatic rings. The predicted molar refractivity (Wildman–Crippen MR) is 97.6 cm³/mol. The van der Waals surface area contributed by atoms with Crippen molar-refractivity contribution < 1.29 is 14.4 Å². The molecule has 3 atom stereocenters. The van der Waals surface area contributed by atoms with Gasteiger partial charge in [-0.1, -0.05) is 12.1 Å². The van der Waals surface area contributed by atoms with Crippen molar-refractivity contribution in [2.75, 3.05) is 13.1 Å². The maximum atomic E-state index is 12.7. The number of amides is 3. The van der Waals surface area contributed by atoms with Crippen LogP contribution in [0.5, 0.6) is 0 Å². The maximum Gasteiger partial charge on any atom is 0.255 e. The van der Waals surface area contributed by atoms with Crippen molar-refractivity contribution in [3.05, 3.63) is 34.9 Å². The minimum absolute atomic E-state index is 0.112.